The fraction of sp³-hybridized carbons (Fsp3) is 0.343. The van der Waals surface area contributed by atoms with Crippen LogP contribution in [0.3, 0.4) is 0 Å². The molecule has 4 N–H and O–H groups in total. The average Bonchev–Trinajstić information content (AvgIpc) is 3.57. The second-order valence-corrected chi connectivity index (χ2v) is 14.2. The number of nitrogens with one attached hydrogen (secondary N) is 4. The predicted molar refractivity (Wildman–Crippen MR) is 198 cm³/mol. The van der Waals surface area contributed by atoms with E-state index in [1.54, 1.807) is 30.3 Å². The number of aromatic nitrogens is 3. The van der Waals surface area contributed by atoms with Gasteiger partial charge in [-0.2, -0.15) is 0 Å². The molecule has 3 saturated heterocycles. The molecule has 2 aromatic carbocycles. The minimum absolute atomic E-state index is 0.112. The number of benzene rings is 2. The maximum absolute atomic E-state index is 12.9. The molecule has 3 aliphatic rings. The van der Waals surface area contributed by atoms with E-state index in [0.717, 1.165) is 37.4 Å². The summed E-state index contributed by atoms with van der Waals surface area (Å²) in [5.41, 5.74) is 2.10. The molecule has 0 radical (unpaired) electrons. The van der Waals surface area contributed by atoms with Crippen molar-refractivity contribution in [3.05, 3.63) is 76.0 Å². The third-order valence-corrected chi connectivity index (χ3v) is 10.4. The minimum Gasteiger partial charge on any atom is -0.484 e. The summed E-state index contributed by atoms with van der Waals surface area (Å²) in [5, 5.41) is 12.3. The monoisotopic (exact) mass is 744 g/mol. The fourth-order valence-corrected chi connectivity index (χ4v) is 7.37. The molecular formula is C35H37ClN10O5S. The van der Waals surface area contributed by atoms with Crippen LogP contribution in [0.15, 0.2) is 54.7 Å². The molecule has 5 heterocycles. The number of hydrogen-bond acceptors (Lipinski definition) is 12. The normalized spacial score (nSPS) is 18.1. The number of ether oxygens (including phenoxy) is 1. The van der Waals surface area contributed by atoms with E-state index in [9.17, 15) is 19.2 Å². The highest BCUT2D eigenvalue weighted by molar-refractivity contribution is 7.17. The number of amides is 5. The lowest BCUT2D eigenvalue weighted by molar-refractivity contribution is -0.123. The Morgan fingerprint density at radius 3 is 2.65 bits per heavy atom. The number of likely N-dealkylation sites (tertiary alicyclic amines) is 1. The number of rotatable bonds is 13. The zero-order chi connectivity index (χ0) is 36.4. The summed E-state index contributed by atoms with van der Waals surface area (Å²) in [7, 11) is 0. The lowest BCUT2D eigenvalue weighted by Gasteiger charge is -2.62. The van der Waals surface area contributed by atoms with Gasteiger partial charge in [-0.3, -0.25) is 29.5 Å². The number of imide groups is 1. The molecule has 0 saturated carbocycles. The van der Waals surface area contributed by atoms with E-state index in [2.05, 4.69) is 46.0 Å². The van der Waals surface area contributed by atoms with Gasteiger partial charge in [0.15, 0.2) is 11.7 Å². The summed E-state index contributed by atoms with van der Waals surface area (Å²) in [6.45, 7) is 7.12. The largest absolute Gasteiger partial charge is 0.484 e. The van der Waals surface area contributed by atoms with E-state index in [1.807, 2.05) is 32.0 Å². The van der Waals surface area contributed by atoms with Gasteiger partial charge in [0.05, 0.1) is 22.9 Å². The van der Waals surface area contributed by atoms with E-state index in [4.69, 9.17) is 16.3 Å². The Balaban J connectivity index is 0.817. The van der Waals surface area contributed by atoms with Crippen LogP contribution >= 0.6 is 22.9 Å². The first-order chi connectivity index (χ1) is 25.1. The van der Waals surface area contributed by atoms with Gasteiger partial charge < -0.3 is 25.6 Å². The number of hydrogen-bond donors (Lipinski definition) is 4. The van der Waals surface area contributed by atoms with E-state index < -0.39 is 6.03 Å². The van der Waals surface area contributed by atoms with Crippen molar-refractivity contribution in [2.45, 2.75) is 38.8 Å². The zero-order valence-electron chi connectivity index (χ0n) is 28.5. The molecule has 17 heteroatoms. The Morgan fingerprint density at radius 1 is 1.08 bits per heavy atom. The highest BCUT2D eigenvalue weighted by Crippen LogP contribution is 2.37. The van der Waals surface area contributed by atoms with Gasteiger partial charge in [0.2, 0.25) is 5.91 Å². The number of urea groups is 1. The first-order valence-corrected chi connectivity index (χ1v) is 18.1. The molecule has 5 amide bonds. The quantitative estimate of drug-likeness (QED) is 0.145. The number of nitrogens with zero attached hydrogens (tertiary/aromatic N) is 6. The van der Waals surface area contributed by atoms with Crippen molar-refractivity contribution in [1.82, 2.24) is 30.5 Å². The summed E-state index contributed by atoms with van der Waals surface area (Å²) in [4.78, 5) is 68.8. The van der Waals surface area contributed by atoms with Gasteiger partial charge in [0, 0.05) is 56.9 Å². The SMILES string of the molecule is Cc1nc(Nc2ncc(C(=O)Nc3c(C)cccc3Cl)s2)cc(N2CC3[C@@H]2CN3CCCNC(=O)COc2ccc(N3CCC(=O)NC3=O)cc2)n1. The summed E-state index contributed by atoms with van der Waals surface area (Å²) < 4.78 is 5.61. The number of para-hydroxylation sites is 1. The molecule has 52 heavy (non-hydrogen) atoms. The van der Waals surface area contributed by atoms with Crippen molar-refractivity contribution in [1.29, 1.82) is 0 Å². The number of carbonyl (C=O) groups is 4. The van der Waals surface area contributed by atoms with Crippen molar-refractivity contribution in [2.24, 2.45) is 0 Å². The van der Waals surface area contributed by atoms with Gasteiger partial charge in [-0.15, -0.1) is 0 Å². The van der Waals surface area contributed by atoms with Crippen LogP contribution in [0.25, 0.3) is 0 Å². The van der Waals surface area contributed by atoms with Gasteiger partial charge in [-0.1, -0.05) is 35.1 Å². The van der Waals surface area contributed by atoms with Crippen molar-refractivity contribution < 1.29 is 23.9 Å². The minimum atomic E-state index is -0.450. The highest BCUT2D eigenvalue weighted by Gasteiger charge is 2.51. The average molecular weight is 745 g/mol. The molecule has 2 aromatic heterocycles. The third-order valence-electron chi connectivity index (χ3n) is 9.18. The van der Waals surface area contributed by atoms with Crippen LogP contribution < -0.4 is 35.8 Å². The number of halogens is 1. The van der Waals surface area contributed by atoms with Crippen LogP contribution in [-0.2, 0) is 9.59 Å². The van der Waals surface area contributed by atoms with Gasteiger partial charge >= 0.3 is 6.03 Å². The van der Waals surface area contributed by atoms with Crippen molar-refractivity contribution in [2.75, 3.05) is 59.8 Å². The highest BCUT2D eigenvalue weighted by atomic mass is 35.5. The van der Waals surface area contributed by atoms with Crippen LogP contribution in [0.1, 0.15) is 33.9 Å². The number of aryl methyl sites for hydroxylation is 2. The number of fused-ring (bicyclic) bond motifs is 1. The summed E-state index contributed by atoms with van der Waals surface area (Å²) in [5.74, 6) is 1.81. The standard InChI is InChI=1S/C35H37ClN10O5S/c1-20-5-3-6-24(36)32(20)43-33(49)27-16-38-34(52-27)41-28-15-29(40-21(2)39-28)46-18-25-26(46)17-44(25)13-4-12-37-31(48)19-51-23-9-7-22(8-10-23)45-14-11-30(47)42-35(45)50/h3,5-10,15-16,25-26H,4,11-14,17-19H2,1-2H3,(H,37,48)(H,43,49)(H,42,47,50)(H,38,39,40,41)/t25?,26-/m0/s1. The Hall–Kier alpha value is -5.32. The second-order valence-electron chi connectivity index (χ2n) is 12.7. The van der Waals surface area contributed by atoms with E-state index in [1.165, 1.54) is 22.4 Å². The summed E-state index contributed by atoms with van der Waals surface area (Å²) in [6, 6.07) is 14.5. The van der Waals surface area contributed by atoms with Crippen LogP contribution in [-0.4, -0.2) is 95.0 Å². The van der Waals surface area contributed by atoms with E-state index in [0.29, 0.717) is 69.0 Å². The molecule has 1 unspecified atom stereocenters. The molecular weight excluding hydrogens is 708 g/mol. The van der Waals surface area contributed by atoms with Crippen LogP contribution in [0, 0.1) is 13.8 Å². The third kappa shape index (κ3) is 7.78. The predicted octanol–water partition coefficient (Wildman–Crippen LogP) is 4.10. The van der Waals surface area contributed by atoms with Crippen molar-refractivity contribution >= 4 is 74.8 Å². The second kappa shape index (κ2) is 15.1. The van der Waals surface area contributed by atoms with Gasteiger partial charge in [-0.05, 0) is 56.2 Å². The molecule has 0 spiro atoms. The van der Waals surface area contributed by atoms with Crippen LogP contribution in [0.5, 0.6) is 5.75 Å². The van der Waals surface area contributed by atoms with Gasteiger partial charge in [-0.25, -0.2) is 19.7 Å². The Labute approximate surface area is 308 Å². The number of carbonyl (C=O) groups excluding carboxylic acids is 4. The van der Waals surface area contributed by atoms with Crippen molar-refractivity contribution in [3.8, 4) is 5.75 Å². The Morgan fingerprint density at radius 2 is 1.90 bits per heavy atom. The molecule has 2 atom stereocenters. The maximum Gasteiger partial charge on any atom is 0.328 e. The Bertz CT molecular complexity index is 1990. The number of thiazole rings is 1. The molecule has 4 aromatic rings. The number of piperazine rings is 1. The van der Waals surface area contributed by atoms with E-state index >= 15 is 0 Å². The van der Waals surface area contributed by atoms with E-state index in [-0.39, 0.29) is 30.7 Å². The first-order valence-electron chi connectivity index (χ1n) is 16.9. The summed E-state index contributed by atoms with van der Waals surface area (Å²) >= 11 is 7.50. The lowest BCUT2D eigenvalue weighted by Crippen LogP contribution is -2.79. The van der Waals surface area contributed by atoms with Crippen LogP contribution in [0.4, 0.5) is 32.9 Å². The summed E-state index contributed by atoms with van der Waals surface area (Å²) in [6.07, 6.45) is 2.59. The number of anilines is 5. The molecule has 15 nitrogen and oxygen atoms in total. The lowest BCUT2D eigenvalue weighted by atomic mass is 9.85. The molecule has 3 fully saturated rings. The van der Waals surface area contributed by atoms with Crippen molar-refractivity contribution in [3.63, 3.8) is 0 Å². The Kier molecular flexibility index (Phi) is 10.2. The fourth-order valence-electron chi connectivity index (χ4n) is 6.38. The molecule has 0 bridgehead atoms. The topological polar surface area (TPSA) is 174 Å². The molecule has 3 aliphatic heterocycles. The molecule has 7 rings (SSSR count). The van der Waals surface area contributed by atoms with Gasteiger partial charge in [0.25, 0.3) is 11.8 Å². The first kappa shape index (κ1) is 35.1. The van der Waals surface area contributed by atoms with Crippen LogP contribution in [0.2, 0.25) is 5.02 Å². The maximum atomic E-state index is 12.9. The molecule has 0 aliphatic carbocycles. The molecule has 270 valence electrons. The van der Waals surface area contributed by atoms with Gasteiger partial charge in [0.1, 0.15) is 28.1 Å². The smallest absolute Gasteiger partial charge is 0.328 e. The zero-order valence-corrected chi connectivity index (χ0v) is 30.1.